The van der Waals surface area contributed by atoms with E-state index in [1.165, 1.54) is 14.0 Å². The lowest BCUT2D eigenvalue weighted by Crippen LogP contribution is -2.37. The van der Waals surface area contributed by atoms with Crippen molar-refractivity contribution < 1.29 is 14.3 Å². The van der Waals surface area contributed by atoms with E-state index in [2.05, 4.69) is 5.32 Å². The molecule has 0 aromatic heterocycles. The summed E-state index contributed by atoms with van der Waals surface area (Å²) in [6.45, 7) is 2.13. The van der Waals surface area contributed by atoms with Gasteiger partial charge in [-0.15, -0.1) is 0 Å². The van der Waals surface area contributed by atoms with E-state index in [1.807, 2.05) is 0 Å². The Hall–Kier alpha value is -2.53. The molecule has 0 heterocycles. The number of hydrogen-bond donors (Lipinski definition) is 1. The lowest BCUT2D eigenvalue weighted by Gasteiger charge is -2.21. The molecule has 0 radical (unpaired) electrons. The highest BCUT2D eigenvalue weighted by Gasteiger charge is 2.14. The van der Waals surface area contributed by atoms with Gasteiger partial charge < -0.3 is 15.0 Å². The van der Waals surface area contributed by atoms with Crippen LogP contribution in [-0.4, -0.2) is 32.0 Å². The first-order chi connectivity index (χ1) is 11.5. The lowest BCUT2D eigenvalue weighted by atomic mass is 10.2. The van der Waals surface area contributed by atoms with Crippen molar-refractivity contribution in [1.82, 2.24) is 5.32 Å². The first-order valence-electron chi connectivity index (χ1n) is 7.48. The third-order valence-corrected chi connectivity index (χ3v) is 3.71. The SMILES string of the molecule is COc1ccccc1C(=O)NCCN(C(C)=O)c1cccc(Cl)c1. The highest BCUT2D eigenvalue weighted by molar-refractivity contribution is 6.30. The van der Waals surface area contributed by atoms with Gasteiger partial charge in [0.15, 0.2) is 0 Å². The molecule has 2 amide bonds. The third-order valence-electron chi connectivity index (χ3n) is 3.47. The molecule has 0 spiro atoms. The summed E-state index contributed by atoms with van der Waals surface area (Å²) < 4.78 is 5.17. The van der Waals surface area contributed by atoms with Crippen LogP contribution in [-0.2, 0) is 4.79 Å². The maximum Gasteiger partial charge on any atom is 0.255 e. The molecule has 0 saturated heterocycles. The average molecular weight is 347 g/mol. The molecule has 2 aromatic rings. The van der Waals surface area contributed by atoms with Gasteiger partial charge in [-0.1, -0.05) is 29.8 Å². The monoisotopic (exact) mass is 346 g/mol. The molecule has 126 valence electrons. The molecule has 0 atom stereocenters. The summed E-state index contributed by atoms with van der Waals surface area (Å²) in [7, 11) is 1.52. The number of anilines is 1. The van der Waals surface area contributed by atoms with E-state index in [0.29, 0.717) is 35.1 Å². The lowest BCUT2D eigenvalue weighted by molar-refractivity contribution is -0.116. The van der Waals surface area contributed by atoms with Crippen molar-refractivity contribution in [2.45, 2.75) is 6.92 Å². The molecule has 6 heteroatoms. The molecule has 1 N–H and O–H groups in total. The number of para-hydroxylation sites is 1. The number of benzene rings is 2. The number of nitrogens with one attached hydrogen (secondary N) is 1. The van der Waals surface area contributed by atoms with E-state index in [9.17, 15) is 9.59 Å². The van der Waals surface area contributed by atoms with Crippen molar-refractivity contribution in [3.05, 3.63) is 59.1 Å². The summed E-state index contributed by atoms with van der Waals surface area (Å²) in [6, 6.07) is 14.0. The minimum Gasteiger partial charge on any atom is -0.496 e. The zero-order chi connectivity index (χ0) is 17.5. The smallest absolute Gasteiger partial charge is 0.255 e. The molecule has 0 aliphatic heterocycles. The summed E-state index contributed by atoms with van der Waals surface area (Å²) in [5.74, 6) is 0.138. The second-order valence-corrected chi connectivity index (χ2v) is 5.54. The van der Waals surface area contributed by atoms with Crippen LogP contribution in [0.4, 0.5) is 5.69 Å². The van der Waals surface area contributed by atoms with Crippen LogP contribution in [0.25, 0.3) is 0 Å². The van der Waals surface area contributed by atoms with Crippen LogP contribution in [0.1, 0.15) is 17.3 Å². The van der Waals surface area contributed by atoms with Gasteiger partial charge in [0.1, 0.15) is 5.75 Å². The van der Waals surface area contributed by atoms with E-state index in [4.69, 9.17) is 16.3 Å². The molecule has 0 aliphatic carbocycles. The minimum atomic E-state index is -0.248. The number of carbonyl (C=O) groups is 2. The fourth-order valence-corrected chi connectivity index (χ4v) is 2.51. The van der Waals surface area contributed by atoms with Crippen LogP contribution >= 0.6 is 11.6 Å². The predicted octanol–water partition coefficient (Wildman–Crippen LogP) is 3.13. The van der Waals surface area contributed by atoms with Gasteiger partial charge >= 0.3 is 0 Å². The maximum atomic E-state index is 12.3. The van der Waals surface area contributed by atoms with E-state index < -0.39 is 0 Å². The van der Waals surface area contributed by atoms with Crippen LogP contribution in [0, 0.1) is 0 Å². The Morgan fingerprint density at radius 1 is 1.17 bits per heavy atom. The molecule has 5 nitrogen and oxygen atoms in total. The van der Waals surface area contributed by atoms with Gasteiger partial charge in [0, 0.05) is 30.7 Å². The van der Waals surface area contributed by atoms with E-state index in [1.54, 1.807) is 53.4 Å². The summed E-state index contributed by atoms with van der Waals surface area (Å²) in [5, 5.41) is 3.35. The summed E-state index contributed by atoms with van der Waals surface area (Å²) in [4.78, 5) is 25.7. The highest BCUT2D eigenvalue weighted by atomic mass is 35.5. The van der Waals surface area contributed by atoms with Crippen LogP contribution in [0.5, 0.6) is 5.75 Å². The summed E-state index contributed by atoms with van der Waals surface area (Å²) in [5.41, 5.74) is 1.15. The average Bonchev–Trinajstić information content (AvgIpc) is 2.58. The van der Waals surface area contributed by atoms with E-state index in [-0.39, 0.29) is 11.8 Å². The van der Waals surface area contributed by atoms with Crippen molar-refractivity contribution in [1.29, 1.82) is 0 Å². The Kier molecular flexibility index (Phi) is 6.21. The fourth-order valence-electron chi connectivity index (χ4n) is 2.32. The molecule has 2 rings (SSSR count). The highest BCUT2D eigenvalue weighted by Crippen LogP contribution is 2.20. The Bertz CT molecular complexity index is 734. The van der Waals surface area contributed by atoms with Gasteiger partial charge in [0.05, 0.1) is 12.7 Å². The Morgan fingerprint density at radius 3 is 2.58 bits per heavy atom. The molecular weight excluding hydrogens is 328 g/mol. The minimum absolute atomic E-state index is 0.121. The molecule has 0 fully saturated rings. The van der Waals surface area contributed by atoms with E-state index in [0.717, 1.165) is 0 Å². The van der Waals surface area contributed by atoms with Gasteiger partial charge in [-0.25, -0.2) is 0 Å². The van der Waals surface area contributed by atoms with Crippen molar-refractivity contribution in [3.8, 4) is 5.75 Å². The molecular formula is C18H19ClN2O3. The second-order valence-electron chi connectivity index (χ2n) is 5.11. The van der Waals surface area contributed by atoms with Gasteiger partial charge in [-0.2, -0.15) is 0 Å². The molecule has 0 aliphatic rings. The van der Waals surface area contributed by atoms with Crippen molar-refractivity contribution in [3.63, 3.8) is 0 Å². The van der Waals surface area contributed by atoms with Crippen LogP contribution in [0.2, 0.25) is 5.02 Å². The Morgan fingerprint density at radius 2 is 1.92 bits per heavy atom. The number of methoxy groups -OCH3 is 1. The Labute approximate surface area is 146 Å². The van der Waals surface area contributed by atoms with Crippen LogP contribution in [0.3, 0.4) is 0 Å². The number of carbonyl (C=O) groups excluding carboxylic acids is 2. The van der Waals surface area contributed by atoms with Crippen LogP contribution < -0.4 is 15.0 Å². The largest absolute Gasteiger partial charge is 0.496 e. The molecule has 0 unspecified atom stereocenters. The second kappa shape index (κ2) is 8.36. The van der Waals surface area contributed by atoms with Gasteiger partial charge in [-0.3, -0.25) is 9.59 Å². The third kappa shape index (κ3) is 4.49. The number of hydrogen-bond acceptors (Lipinski definition) is 3. The molecule has 0 saturated carbocycles. The van der Waals surface area contributed by atoms with Crippen molar-refractivity contribution in [2.75, 3.05) is 25.1 Å². The first-order valence-corrected chi connectivity index (χ1v) is 7.85. The predicted molar refractivity (Wildman–Crippen MR) is 94.8 cm³/mol. The standard InChI is InChI=1S/C18H19ClN2O3/c1-13(22)21(15-7-5-6-14(19)12-15)11-10-20-18(23)16-8-3-4-9-17(16)24-2/h3-9,12H,10-11H2,1-2H3,(H,20,23). The zero-order valence-corrected chi connectivity index (χ0v) is 14.3. The summed E-state index contributed by atoms with van der Waals surface area (Å²) in [6.07, 6.45) is 0. The number of amides is 2. The van der Waals surface area contributed by atoms with Crippen molar-refractivity contribution >= 4 is 29.1 Å². The number of ether oxygens (including phenoxy) is 1. The van der Waals surface area contributed by atoms with E-state index >= 15 is 0 Å². The summed E-state index contributed by atoms with van der Waals surface area (Å²) >= 11 is 5.97. The van der Waals surface area contributed by atoms with Crippen molar-refractivity contribution in [2.24, 2.45) is 0 Å². The maximum absolute atomic E-state index is 12.3. The Balaban J connectivity index is 2.00. The normalized spacial score (nSPS) is 10.1. The number of halogens is 1. The quantitative estimate of drug-likeness (QED) is 0.874. The van der Waals surface area contributed by atoms with Crippen LogP contribution in [0.15, 0.2) is 48.5 Å². The first kappa shape index (κ1) is 17.8. The number of nitrogens with zero attached hydrogens (tertiary/aromatic N) is 1. The van der Waals surface area contributed by atoms with Gasteiger partial charge in [0.25, 0.3) is 5.91 Å². The fraction of sp³-hybridized carbons (Fsp3) is 0.222. The number of rotatable bonds is 6. The van der Waals surface area contributed by atoms with Gasteiger partial charge in [0.2, 0.25) is 5.91 Å². The van der Waals surface area contributed by atoms with Gasteiger partial charge in [-0.05, 0) is 30.3 Å². The molecule has 24 heavy (non-hydrogen) atoms. The zero-order valence-electron chi connectivity index (χ0n) is 13.6. The topological polar surface area (TPSA) is 58.6 Å². The molecule has 0 bridgehead atoms. The molecule has 2 aromatic carbocycles.